The Morgan fingerprint density at radius 2 is 2.56 bits per heavy atom. The molecule has 1 fully saturated rings. The molecule has 0 bridgehead atoms. The van der Waals surface area contributed by atoms with Crippen LogP contribution in [0.25, 0.3) is 0 Å². The van der Waals surface area contributed by atoms with Crippen molar-refractivity contribution in [3.63, 3.8) is 0 Å². The van der Waals surface area contributed by atoms with Gasteiger partial charge >= 0.3 is 0 Å². The zero-order valence-corrected chi connectivity index (χ0v) is 5.89. The summed E-state index contributed by atoms with van der Waals surface area (Å²) in [6, 6.07) is 0. The molecule has 3 atom stereocenters. The monoisotopic (exact) mass is 145 g/mol. The lowest BCUT2D eigenvalue weighted by atomic mass is 10.3. The summed E-state index contributed by atoms with van der Waals surface area (Å²) in [7, 11) is 0. The van der Waals surface area contributed by atoms with E-state index < -0.39 is 11.1 Å². The lowest BCUT2D eigenvalue weighted by molar-refractivity contribution is 0.533. The van der Waals surface area contributed by atoms with E-state index >= 15 is 0 Å². The number of hydrogen-bond donors (Lipinski definition) is 0. The lowest BCUT2D eigenvalue weighted by Crippen LogP contribution is -1.96. The van der Waals surface area contributed by atoms with Crippen molar-refractivity contribution in [3.8, 4) is 0 Å². The summed E-state index contributed by atoms with van der Waals surface area (Å²) < 4.78 is 20.4. The first-order valence-electron chi connectivity index (χ1n) is 2.94. The van der Waals surface area contributed by atoms with Crippen molar-refractivity contribution >= 4 is 11.1 Å². The highest BCUT2D eigenvalue weighted by molar-refractivity contribution is 7.80. The first-order chi connectivity index (χ1) is 4.25. The fraction of sp³-hybridized carbons (Fsp3) is 0.667. The van der Waals surface area contributed by atoms with E-state index in [1.165, 1.54) is 0 Å². The molecule has 1 rings (SSSR count). The zero-order valence-electron chi connectivity index (χ0n) is 5.08. The van der Waals surface area contributed by atoms with E-state index in [0.717, 1.165) is 12.8 Å². The Balaban J connectivity index is 2.24. The second-order valence-electron chi connectivity index (χ2n) is 2.32. The van der Waals surface area contributed by atoms with Gasteiger partial charge in [0.1, 0.15) is 0 Å². The minimum atomic E-state index is -1.84. The number of allylic oxidation sites excluding steroid dienone is 1. The van der Waals surface area contributed by atoms with Gasteiger partial charge in [-0.2, -0.15) is 0 Å². The summed E-state index contributed by atoms with van der Waals surface area (Å²) in [4.78, 5) is 0. The van der Waals surface area contributed by atoms with Gasteiger partial charge in [0.25, 0.3) is 0 Å². The largest absolute Gasteiger partial charge is 0.772 e. The highest BCUT2D eigenvalue weighted by Gasteiger charge is 2.36. The molecule has 0 spiro atoms. The van der Waals surface area contributed by atoms with E-state index in [2.05, 4.69) is 6.58 Å². The molecule has 1 aliphatic rings. The Morgan fingerprint density at radius 3 is 2.89 bits per heavy atom. The van der Waals surface area contributed by atoms with Gasteiger partial charge in [-0.15, -0.1) is 6.58 Å². The van der Waals surface area contributed by atoms with Crippen molar-refractivity contribution in [1.29, 1.82) is 0 Å². The summed E-state index contributed by atoms with van der Waals surface area (Å²) in [5.74, 6) is 0.376. The molecule has 52 valence electrons. The lowest BCUT2D eigenvalue weighted by Gasteiger charge is -2.00. The van der Waals surface area contributed by atoms with Gasteiger partial charge in [-0.3, -0.25) is 4.21 Å². The molecule has 0 aliphatic heterocycles. The maximum atomic E-state index is 10.2. The van der Waals surface area contributed by atoms with Gasteiger partial charge in [-0.05, 0) is 18.8 Å². The Kier molecular flexibility index (Phi) is 2.03. The number of hydrogen-bond acceptors (Lipinski definition) is 2. The quantitative estimate of drug-likeness (QED) is 0.436. The molecular weight excluding hydrogens is 136 g/mol. The maximum absolute atomic E-state index is 10.2. The minimum absolute atomic E-state index is 0.0667. The molecule has 0 saturated heterocycles. The summed E-state index contributed by atoms with van der Waals surface area (Å²) >= 11 is -1.84. The highest BCUT2D eigenvalue weighted by atomic mass is 32.2. The summed E-state index contributed by atoms with van der Waals surface area (Å²) in [6.45, 7) is 3.53. The normalized spacial score (nSPS) is 35.7. The average Bonchev–Trinajstić information content (AvgIpc) is 2.47. The SMILES string of the molecule is C=CCC1CC1S(=O)[O-]. The van der Waals surface area contributed by atoms with Crippen molar-refractivity contribution in [3.05, 3.63) is 12.7 Å². The van der Waals surface area contributed by atoms with Crippen molar-refractivity contribution in [2.24, 2.45) is 5.92 Å². The van der Waals surface area contributed by atoms with Crippen LogP contribution in [-0.4, -0.2) is 14.0 Å². The molecule has 0 radical (unpaired) electrons. The summed E-state index contributed by atoms with van der Waals surface area (Å²) in [5.41, 5.74) is 0. The van der Waals surface area contributed by atoms with Crippen molar-refractivity contribution < 1.29 is 8.76 Å². The van der Waals surface area contributed by atoms with Crippen LogP contribution in [0.15, 0.2) is 12.7 Å². The van der Waals surface area contributed by atoms with Crippen LogP contribution in [0.2, 0.25) is 0 Å². The van der Waals surface area contributed by atoms with Gasteiger partial charge < -0.3 is 4.55 Å². The number of rotatable bonds is 3. The smallest absolute Gasteiger partial charge is 0.0250 e. The Hall–Kier alpha value is -0.150. The van der Waals surface area contributed by atoms with E-state index in [1.807, 2.05) is 0 Å². The third-order valence-electron chi connectivity index (χ3n) is 1.57. The standard InChI is InChI=1S/C6H10O2S/c1-2-3-5-4-6(5)9(7)8/h2,5-6H,1,3-4H2,(H,7,8)/p-1. The minimum Gasteiger partial charge on any atom is -0.772 e. The molecule has 2 nitrogen and oxygen atoms in total. The molecule has 3 heteroatoms. The fourth-order valence-electron chi connectivity index (χ4n) is 0.918. The molecular formula is C6H9O2S-. The van der Waals surface area contributed by atoms with Gasteiger partial charge in [-0.25, -0.2) is 0 Å². The average molecular weight is 145 g/mol. The zero-order chi connectivity index (χ0) is 6.85. The van der Waals surface area contributed by atoms with Crippen LogP contribution in [0.3, 0.4) is 0 Å². The second kappa shape index (κ2) is 2.62. The van der Waals surface area contributed by atoms with E-state index in [1.54, 1.807) is 6.08 Å². The topological polar surface area (TPSA) is 40.1 Å². The van der Waals surface area contributed by atoms with Crippen LogP contribution in [0.5, 0.6) is 0 Å². The van der Waals surface area contributed by atoms with E-state index in [9.17, 15) is 8.76 Å². The third kappa shape index (κ3) is 1.63. The van der Waals surface area contributed by atoms with Crippen molar-refractivity contribution in [2.45, 2.75) is 18.1 Å². The Labute approximate surface area is 57.2 Å². The van der Waals surface area contributed by atoms with E-state index in [4.69, 9.17) is 0 Å². The predicted molar refractivity (Wildman–Crippen MR) is 35.6 cm³/mol. The molecule has 0 aromatic carbocycles. The molecule has 1 aliphatic carbocycles. The van der Waals surface area contributed by atoms with Crippen LogP contribution in [0.1, 0.15) is 12.8 Å². The summed E-state index contributed by atoms with van der Waals surface area (Å²) in [6.07, 6.45) is 3.46. The molecule has 0 heterocycles. The maximum Gasteiger partial charge on any atom is 0.0250 e. The molecule has 0 aromatic heterocycles. The van der Waals surface area contributed by atoms with Crippen molar-refractivity contribution in [2.75, 3.05) is 0 Å². The van der Waals surface area contributed by atoms with Gasteiger partial charge in [0.15, 0.2) is 0 Å². The van der Waals surface area contributed by atoms with E-state index in [0.29, 0.717) is 5.92 Å². The highest BCUT2D eigenvalue weighted by Crippen LogP contribution is 2.37. The van der Waals surface area contributed by atoms with Crippen LogP contribution in [0, 0.1) is 5.92 Å². The fourth-order valence-corrected chi connectivity index (χ4v) is 1.75. The van der Waals surface area contributed by atoms with Crippen LogP contribution in [0.4, 0.5) is 0 Å². The van der Waals surface area contributed by atoms with Gasteiger partial charge in [0.2, 0.25) is 0 Å². The first kappa shape index (κ1) is 6.96. The van der Waals surface area contributed by atoms with E-state index in [-0.39, 0.29) is 5.25 Å². The molecule has 0 amide bonds. The summed E-state index contributed by atoms with van der Waals surface area (Å²) in [5, 5.41) is -0.0667. The Bertz CT molecular complexity index is 144. The molecule has 9 heavy (non-hydrogen) atoms. The second-order valence-corrected chi connectivity index (χ2v) is 3.45. The van der Waals surface area contributed by atoms with Gasteiger partial charge in [0.05, 0.1) is 0 Å². The molecule has 3 unspecified atom stereocenters. The Morgan fingerprint density at radius 1 is 1.89 bits per heavy atom. The first-order valence-corrected chi connectivity index (χ1v) is 4.08. The van der Waals surface area contributed by atoms with Crippen molar-refractivity contribution in [1.82, 2.24) is 0 Å². The third-order valence-corrected chi connectivity index (χ3v) is 2.65. The molecule has 0 aromatic rings. The van der Waals surface area contributed by atoms with Gasteiger partial charge in [0, 0.05) is 5.25 Å². The van der Waals surface area contributed by atoms with Gasteiger partial charge in [-0.1, -0.05) is 17.2 Å². The van der Waals surface area contributed by atoms with Crippen LogP contribution >= 0.6 is 0 Å². The molecule has 0 N–H and O–H groups in total. The van der Waals surface area contributed by atoms with Crippen LogP contribution in [-0.2, 0) is 11.1 Å². The molecule has 1 saturated carbocycles. The van der Waals surface area contributed by atoms with Crippen LogP contribution < -0.4 is 0 Å². The predicted octanol–water partition coefficient (Wildman–Crippen LogP) is 0.830.